The van der Waals surface area contributed by atoms with E-state index in [0.717, 1.165) is 5.56 Å². The van der Waals surface area contributed by atoms with Gasteiger partial charge >= 0.3 is 0 Å². The van der Waals surface area contributed by atoms with Gasteiger partial charge in [-0.1, -0.05) is 29.8 Å². The lowest BCUT2D eigenvalue weighted by Crippen LogP contribution is -2.33. The summed E-state index contributed by atoms with van der Waals surface area (Å²) in [4.78, 5) is 24.1. The van der Waals surface area contributed by atoms with Gasteiger partial charge in [0.15, 0.2) is 11.5 Å². The van der Waals surface area contributed by atoms with Crippen LogP contribution in [0.25, 0.3) is 0 Å². The van der Waals surface area contributed by atoms with Crippen molar-refractivity contribution in [3.05, 3.63) is 52.5 Å². The third-order valence-electron chi connectivity index (χ3n) is 3.54. The first-order valence-corrected chi connectivity index (χ1v) is 7.65. The third kappa shape index (κ3) is 3.44. The minimum absolute atomic E-state index is 0.121. The molecular weight excluding hydrogens is 332 g/mol. The van der Waals surface area contributed by atoms with Crippen molar-refractivity contribution in [1.82, 2.24) is 5.32 Å². The van der Waals surface area contributed by atoms with E-state index in [1.807, 2.05) is 19.1 Å². The van der Waals surface area contributed by atoms with Gasteiger partial charge in [-0.3, -0.25) is 9.59 Å². The Balaban J connectivity index is 1.60. The Kier molecular flexibility index (Phi) is 4.57. The molecule has 2 aromatic rings. The van der Waals surface area contributed by atoms with Gasteiger partial charge in [0.2, 0.25) is 12.7 Å². The van der Waals surface area contributed by atoms with E-state index in [9.17, 15) is 9.59 Å². The van der Waals surface area contributed by atoms with Crippen molar-refractivity contribution < 1.29 is 19.1 Å². The van der Waals surface area contributed by atoms with E-state index in [2.05, 4.69) is 10.6 Å². The van der Waals surface area contributed by atoms with Crippen LogP contribution >= 0.6 is 11.6 Å². The fourth-order valence-corrected chi connectivity index (χ4v) is 2.49. The van der Waals surface area contributed by atoms with Gasteiger partial charge in [0.25, 0.3) is 5.91 Å². The minimum atomic E-state index is -0.391. The van der Waals surface area contributed by atoms with Crippen LogP contribution in [0, 0.1) is 6.92 Å². The molecular formula is C17H15ClN2O4. The Bertz CT molecular complexity index is 807. The lowest BCUT2D eigenvalue weighted by molar-refractivity contribution is -0.115. The second-order valence-electron chi connectivity index (χ2n) is 5.23. The van der Waals surface area contributed by atoms with Crippen molar-refractivity contribution in [2.45, 2.75) is 6.92 Å². The number of hydrogen-bond donors (Lipinski definition) is 2. The predicted molar refractivity (Wildman–Crippen MR) is 89.7 cm³/mol. The Morgan fingerprint density at radius 1 is 1.17 bits per heavy atom. The minimum Gasteiger partial charge on any atom is -0.454 e. The molecule has 0 unspecified atom stereocenters. The van der Waals surface area contributed by atoms with Crippen LogP contribution in [0.3, 0.4) is 0 Å². The van der Waals surface area contributed by atoms with Gasteiger partial charge in [-0.05, 0) is 18.6 Å². The van der Waals surface area contributed by atoms with Crippen LogP contribution in [0.15, 0.2) is 36.4 Å². The number of anilines is 1. The first-order valence-electron chi connectivity index (χ1n) is 7.27. The number of fused-ring (bicyclic) bond motifs is 1. The second kappa shape index (κ2) is 6.80. The molecule has 0 aliphatic carbocycles. The van der Waals surface area contributed by atoms with E-state index in [1.54, 1.807) is 24.3 Å². The standard InChI is InChI=1S/C17H15ClN2O4/c1-10-4-2-3-5-11(10)17(22)19-8-16(21)20-13-7-15-14(6-12(13)18)23-9-24-15/h2-7H,8-9H2,1H3,(H,19,22)(H,20,21). The number of carbonyl (C=O) groups excluding carboxylic acids is 2. The number of nitrogens with one attached hydrogen (secondary N) is 2. The molecule has 124 valence electrons. The molecule has 0 fully saturated rings. The Morgan fingerprint density at radius 3 is 2.62 bits per heavy atom. The summed E-state index contributed by atoms with van der Waals surface area (Å²) in [5, 5.41) is 5.55. The van der Waals surface area contributed by atoms with E-state index in [4.69, 9.17) is 21.1 Å². The Hall–Kier alpha value is -2.73. The van der Waals surface area contributed by atoms with Crippen LogP contribution in [-0.4, -0.2) is 25.2 Å². The summed E-state index contributed by atoms with van der Waals surface area (Å²) in [5.41, 5.74) is 1.77. The molecule has 3 rings (SSSR count). The maximum Gasteiger partial charge on any atom is 0.251 e. The lowest BCUT2D eigenvalue weighted by atomic mass is 10.1. The van der Waals surface area contributed by atoms with Crippen molar-refractivity contribution in [2.75, 3.05) is 18.7 Å². The van der Waals surface area contributed by atoms with E-state index in [1.165, 1.54) is 0 Å². The fourth-order valence-electron chi connectivity index (χ4n) is 2.29. The smallest absolute Gasteiger partial charge is 0.251 e. The van der Waals surface area contributed by atoms with Crippen molar-refractivity contribution in [3.63, 3.8) is 0 Å². The summed E-state index contributed by atoms with van der Waals surface area (Å²) in [7, 11) is 0. The zero-order valence-corrected chi connectivity index (χ0v) is 13.6. The normalized spacial score (nSPS) is 11.9. The summed E-state index contributed by atoms with van der Waals surface area (Å²) in [6, 6.07) is 10.3. The molecule has 7 heteroatoms. The largest absolute Gasteiger partial charge is 0.454 e. The SMILES string of the molecule is Cc1ccccc1C(=O)NCC(=O)Nc1cc2c(cc1Cl)OCO2. The Labute approximate surface area is 143 Å². The van der Waals surface area contributed by atoms with Gasteiger partial charge in [-0.15, -0.1) is 0 Å². The first kappa shape index (κ1) is 16.1. The molecule has 0 spiro atoms. The zero-order valence-electron chi connectivity index (χ0n) is 12.9. The number of aryl methyl sites for hydroxylation is 1. The number of carbonyl (C=O) groups is 2. The van der Waals surface area contributed by atoms with Gasteiger partial charge < -0.3 is 20.1 Å². The van der Waals surface area contributed by atoms with E-state index >= 15 is 0 Å². The van der Waals surface area contributed by atoms with Crippen molar-refractivity contribution >= 4 is 29.1 Å². The monoisotopic (exact) mass is 346 g/mol. The molecule has 24 heavy (non-hydrogen) atoms. The van der Waals surface area contributed by atoms with Crippen LogP contribution in [0.2, 0.25) is 5.02 Å². The van der Waals surface area contributed by atoms with Crippen LogP contribution in [0.1, 0.15) is 15.9 Å². The molecule has 0 atom stereocenters. The summed E-state index contributed by atoms with van der Waals surface area (Å²) in [6.45, 7) is 1.79. The average Bonchev–Trinajstić information content (AvgIpc) is 3.00. The molecule has 0 bridgehead atoms. The molecule has 1 heterocycles. The number of ether oxygens (including phenoxy) is 2. The van der Waals surface area contributed by atoms with Gasteiger partial charge in [-0.25, -0.2) is 0 Å². The first-order chi connectivity index (χ1) is 11.5. The maximum absolute atomic E-state index is 12.1. The van der Waals surface area contributed by atoms with Gasteiger partial charge in [0.1, 0.15) is 0 Å². The highest BCUT2D eigenvalue weighted by molar-refractivity contribution is 6.34. The number of rotatable bonds is 4. The van der Waals surface area contributed by atoms with Gasteiger partial charge in [0.05, 0.1) is 17.3 Å². The molecule has 1 aliphatic heterocycles. The van der Waals surface area contributed by atoms with Gasteiger partial charge in [-0.2, -0.15) is 0 Å². The van der Waals surface area contributed by atoms with Crippen molar-refractivity contribution in [1.29, 1.82) is 0 Å². The third-order valence-corrected chi connectivity index (χ3v) is 3.85. The maximum atomic E-state index is 12.1. The highest BCUT2D eigenvalue weighted by Crippen LogP contribution is 2.39. The number of amides is 2. The van der Waals surface area contributed by atoms with Crippen molar-refractivity contribution in [2.24, 2.45) is 0 Å². The Morgan fingerprint density at radius 2 is 1.88 bits per heavy atom. The van der Waals surface area contributed by atoms with Crippen LogP contribution in [-0.2, 0) is 4.79 Å². The summed E-state index contributed by atoms with van der Waals surface area (Å²) < 4.78 is 10.4. The molecule has 1 aliphatic rings. The van der Waals surface area contributed by atoms with Gasteiger partial charge in [0, 0.05) is 17.7 Å². The molecule has 0 aromatic heterocycles. The van der Waals surface area contributed by atoms with E-state index in [0.29, 0.717) is 27.8 Å². The predicted octanol–water partition coefficient (Wildman–Crippen LogP) is 2.75. The van der Waals surface area contributed by atoms with Crippen molar-refractivity contribution in [3.8, 4) is 11.5 Å². The highest BCUT2D eigenvalue weighted by atomic mass is 35.5. The van der Waals surface area contributed by atoms with Crippen LogP contribution in [0.4, 0.5) is 5.69 Å². The molecule has 0 saturated carbocycles. The highest BCUT2D eigenvalue weighted by Gasteiger charge is 2.18. The topological polar surface area (TPSA) is 76.7 Å². The molecule has 2 N–H and O–H groups in total. The van der Waals surface area contributed by atoms with Crippen LogP contribution in [0.5, 0.6) is 11.5 Å². The summed E-state index contributed by atoms with van der Waals surface area (Å²) >= 11 is 6.09. The van der Waals surface area contributed by atoms with Crippen LogP contribution < -0.4 is 20.1 Å². The molecule has 0 saturated heterocycles. The number of benzene rings is 2. The summed E-state index contributed by atoms with van der Waals surface area (Å²) in [5.74, 6) is 0.349. The van der Waals surface area contributed by atoms with E-state index < -0.39 is 5.91 Å². The zero-order chi connectivity index (χ0) is 17.1. The molecule has 6 nitrogen and oxygen atoms in total. The molecule has 2 amide bonds. The fraction of sp³-hybridized carbons (Fsp3) is 0.176. The number of hydrogen-bond acceptors (Lipinski definition) is 4. The molecule has 2 aromatic carbocycles. The number of halogens is 1. The summed E-state index contributed by atoms with van der Waals surface area (Å²) in [6.07, 6.45) is 0. The lowest BCUT2D eigenvalue weighted by Gasteiger charge is -2.10. The average molecular weight is 347 g/mol. The van der Waals surface area contributed by atoms with E-state index in [-0.39, 0.29) is 19.2 Å². The quantitative estimate of drug-likeness (QED) is 0.892. The second-order valence-corrected chi connectivity index (χ2v) is 5.64. The molecule has 0 radical (unpaired) electrons.